The van der Waals surface area contributed by atoms with Gasteiger partial charge in [0, 0.05) is 23.1 Å². The van der Waals surface area contributed by atoms with Crippen molar-refractivity contribution >= 4 is 43.5 Å². The van der Waals surface area contributed by atoms with E-state index in [0.717, 1.165) is 14.3 Å². The maximum absolute atomic E-state index is 14.2. The standard InChI is InChI=1S/C32H40BrN3O7S/c1-7-22(3)34-32(38)23(4)35(20-24-10-9-11-25(33)18-24)31(37)21-36(26-12-14-27(15-13-26)43-8-2)44(39,40)28-16-17-29(41-5)30(19-28)42-6/h9-19,22-23H,7-8,20-21H2,1-6H3,(H,34,38)/t22-,23+/m0/s1. The molecule has 1 N–H and O–H groups in total. The number of rotatable bonds is 15. The topological polar surface area (TPSA) is 114 Å². The number of halogens is 1. The fourth-order valence-electron chi connectivity index (χ4n) is 4.39. The average Bonchev–Trinajstić information content (AvgIpc) is 3.02. The lowest BCUT2D eigenvalue weighted by molar-refractivity contribution is -0.139. The van der Waals surface area contributed by atoms with Gasteiger partial charge in [0.2, 0.25) is 11.8 Å². The predicted octanol–water partition coefficient (Wildman–Crippen LogP) is 5.39. The molecule has 10 nitrogen and oxygen atoms in total. The third-order valence-electron chi connectivity index (χ3n) is 7.07. The molecular weight excluding hydrogens is 650 g/mol. The number of carbonyl (C=O) groups is 2. The third kappa shape index (κ3) is 8.66. The van der Waals surface area contributed by atoms with Crippen LogP contribution in [0.15, 0.2) is 76.1 Å². The van der Waals surface area contributed by atoms with Crippen molar-refractivity contribution in [2.24, 2.45) is 0 Å². The number of amides is 2. The van der Waals surface area contributed by atoms with Crippen LogP contribution >= 0.6 is 15.9 Å². The molecule has 3 aromatic rings. The van der Waals surface area contributed by atoms with Crippen molar-refractivity contribution in [1.29, 1.82) is 0 Å². The molecule has 0 radical (unpaired) electrons. The van der Waals surface area contributed by atoms with Gasteiger partial charge in [0.1, 0.15) is 18.3 Å². The van der Waals surface area contributed by atoms with Crippen molar-refractivity contribution < 1.29 is 32.2 Å². The summed E-state index contributed by atoms with van der Waals surface area (Å²) in [7, 11) is -1.45. The van der Waals surface area contributed by atoms with E-state index in [1.807, 2.05) is 45.0 Å². The largest absolute Gasteiger partial charge is 0.494 e. The molecule has 2 amide bonds. The minimum Gasteiger partial charge on any atom is -0.494 e. The van der Waals surface area contributed by atoms with Crippen LogP contribution in [0, 0.1) is 0 Å². The number of benzene rings is 3. The number of sulfonamides is 1. The molecule has 3 rings (SSSR count). The normalized spacial score (nSPS) is 12.5. The van der Waals surface area contributed by atoms with Crippen LogP contribution in [0.5, 0.6) is 17.2 Å². The molecular formula is C32H40BrN3O7S. The Morgan fingerprint density at radius 2 is 1.61 bits per heavy atom. The number of hydrogen-bond acceptors (Lipinski definition) is 7. The molecule has 0 bridgehead atoms. The van der Waals surface area contributed by atoms with Crippen LogP contribution in [-0.2, 0) is 26.2 Å². The van der Waals surface area contributed by atoms with Gasteiger partial charge in [-0.15, -0.1) is 0 Å². The van der Waals surface area contributed by atoms with Gasteiger partial charge >= 0.3 is 0 Å². The van der Waals surface area contributed by atoms with Crippen LogP contribution in [0.1, 0.15) is 39.7 Å². The highest BCUT2D eigenvalue weighted by Gasteiger charge is 2.33. The molecule has 0 aromatic heterocycles. The van der Waals surface area contributed by atoms with E-state index < -0.39 is 28.5 Å². The lowest BCUT2D eigenvalue weighted by atomic mass is 10.1. The van der Waals surface area contributed by atoms with Crippen LogP contribution < -0.4 is 23.8 Å². The van der Waals surface area contributed by atoms with E-state index in [1.165, 1.54) is 37.3 Å². The Bertz CT molecular complexity index is 1530. The molecule has 44 heavy (non-hydrogen) atoms. The first-order valence-corrected chi connectivity index (χ1v) is 16.5. The molecule has 12 heteroatoms. The van der Waals surface area contributed by atoms with Gasteiger partial charge in [0.15, 0.2) is 11.5 Å². The summed E-state index contributed by atoms with van der Waals surface area (Å²) in [6.07, 6.45) is 0.715. The zero-order valence-electron chi connectivity index (χ0n) is 25.9. The molecule has 0 saturated carbocycles. The number of carbonyl (C=O) groups excluding carboxylic acids is 2. The molecule has 0 fully saturated rings. The molecule has 2 atom stereocenters. The van der Waals surface area contributed by atoms with E-state index in [0.29, 0.717) is 24.5 Å². The Hall–Kier alpha value is -3.77. The van der Waals surface area contributed by atoms with Crippen molar-refractivity contribution in [3.8, 4) is 17.2 Å². The van der Waals surface area contributed by atoms with E-state index in [4.69, 9.17) is 14.2 Å². The van der Waals surface area contributed by atoms with Crippen molar-refractivity contribution in [2.75, 3.05) is 31.7 Å². The summed E-state index contributed by atoms with van der Waals surface area (Å²) in [6, 6.07) is 17.1. The maximum atomic E-state index is 14.2. The Balaban J connectivity index is 2.08. The summed E-state index contributed by atoms with van der Waals surface area (Å²) in [5.74, 6) is 0.236. The molecule has 238 valence electrons. The molecule has 0 aliphatic carbocycles. The van der Waals surface area contributed by atoms with Gasteiger partial charge in [-0.05, 0) is 81.3 Å². The van der Waals surface area contributed by atoms with Crippen molar-refractivity contribution in [3.63, 3.8) is 0 Å². The summed E-state index contributed by atoms with van der Waals surface area (Å²) in [5.41, 5.74) is 1.02. The van der Waals surface area contributed by atoms with Crippen LogP contribution in [0.2, 0.25) is 0 Å². The average molecular weight is 691 g/mol. The highest BCUT2D eigenvalue weighted by molar-refractivity contribution is 9.10. The lowest BCUT2D eigenvalue weighted by Gasteiger charge is -2.32. The van der Waals surface area contributed by atoms with Gasteiger partial charge in [0.05, 0.1) is 31.4 Å². The monoisotopic (exact) mass is 689 g/mol. The van der Waals surface area contributed by atoms with Crippen molar-refractivity contribution in [2.45, 2.75) is 57.6 Å². The quantitative estimate of drug-likeness (QED) is 0.228. The van der Waals surface area contributed by atoms with Gasteiger partial charge in [-0.2, -0.15) is 0 Å². The molecule has 0 aliphatic heterocycles. The molecule has 0 saturated heterocycles. The van der Waals surface area contributed by atoms with Crippen LogP contribution in [0.3, 0.4) is 0 Å². The Morgan fingerprint density at radius 1 is 0.932 bits per heavy atom. The summed E-state index contributed by atoms with van der Waals surface area (Å²) in [4.78, 5) is 28.7. The van der Waals surface area contributed by atoms with E-state index in [1.54, 1.807) is 31.2 Å². The summed E-state index contributed by atoms with van der Waals surface area (Å²) >= 11 is 3.46. The lowest BCUT2D eigenvalue weighted by Crippen LogP contribution is -2.52. The Kier molecular flexibility index (Phi) is 12.5. The molecule has 0 heterocycles. The summed E-state index contributed by atoms with van der Waals surface area (Å²) in [5, 5.41) is 2.93. The zero-order chi connectivity index (χ0) is 32.4. The van der Waals surface area contributed by atoms with E-state index >= 15 is 0 Å². The van der Waals surface area contributed by atoms with E-state index in [9.17, 15) is 18.0 Å². The SMILES string of the molecule is CCOc1ccc(N(CC(=O)N(Cc2cccc(Br)c2)[C@H](C)C(=O)N[C@@H](C)CC)S(=O)(=O)c2ccc(OC)c(OC)c2)cc1. The van der Waals surface area contributed by atoms with Gasteiger partial charge in [-0.1, -0.05) is 35.0 Å². The van der Waals surface area contributed by atoms with Gasteiger partial charge in [-0.3, -0.25) is 13.9 Å². The number of anilines is 1. The number of ether oxygens (including phenoxy) is 3. The number of hydrogen-bond donors (Lipinski definition) is 1. The zero-order valence-corrected chi connectivity index (χ0v) is 28.3. The number of methoxy groups -OCH3 is 2. The van der Waals surface area contributed by atoms with Crippen LogP contribution in [0.4, 0.5) is 5.69 Å². The molecule has 0 aliphatic rings. The highest BCUT2D eigenvalue weighted by atomic mass is 79.9. The minimum absolute atomic E-state index is 0.0842. The minimum atomic E-state index is -4.31. The molecule has 0 spiro atoms. The first kappa shape index (κ1) is 34.7. The number of nitrogens with one attached hydrogen (secondary N) is 1. The summed E-state index contributed by atoms with van der Waals surface area (Å²) < 4.78 is 46.4. The first-order valence-electron chi connectivity index (χ1n) is 14.3. The maximum Gasteiger partial charge on any atom is 0.264 e. The second kappa shape index (κ2) is 15.8. The Labute approximate surface area is 268 Å². The number of nitrogens with zero attached hydrogens (tertiary/aromatic N) is 2. The summed E-state index contributed by atoms with van der Waals surface area (Å²) in [6.45, 7) is 7.27. The first-order chi connectivity index (χ1) is 20.9. The predicted molar refractivity (Wildman–Crippen MR) is 174 cm³/mol. The van der Waals surface area contributed by atoms with Crippen LogP contribution in [0.25, 0.3) is 0 Å². The Morgan fingerprint density at radius 3 is 2.20 bits per heavy atom. The van der Waals surface area contributed by atoms with Gasteiger partial charge < -0.3 is 24.4 Å². The second-order valence-electron chi connectivity index (χ2n) is 10.1. The van der Waals surface area contributed by atoms with Gasteiger partial charge in [-0.25, -0.2) is 8.42 Å². The van der Waals surface area contributed by atoms with Crippen molar-refractivity contribution in [1.82, 2.24) is 10.2 Å². The van der Waals surface area contributed by atoms with Crippen molar-refractivity contribution in [3.05, 3.63) is 76.8 Å². The fraction of sp³-hybridized carbons (Fsp3) is 0.375. The second-order valence-corrected chi connectivity index (χ2v) is 12.9. The van der Waals surface area contributed by atoms with E-state index in [2.05, 4.69) is 21.2 Å². The van der Waals surface area contributed by atoms with Gasteiger partial charge in [0.25, 0.3) is 10.0 Å². The molecule has 3 aromatic carbocycles. The van der Waals surface area contributed by atoms with E-state index in [-0.39, 0.29) is 34.8 Å². The third-order valence-corrected chi connectivity index (χ3v) is 9.33. The highest BCUT2D eigenvalue weighted by Crippen LogP contribution is 2.33. The fourth-order valence-corrected chi connectivity index (χ4v) is 6.27. The smallest absolute Gasteiger partial charge is 0.264 e. The molecule has 0 unspecified atom stereocenters. The van der Waals surface area contributed by atoms with Crippen LogP contribution in [-0.4, -0.2) is 64.6 Å².